The lowest BCUT2D eigenvalue weighted by molar-refractivity contribution is -0.297. The molecule has 4 N–H and O–H groups in total. The summed E-state index contributed by atoms with van der Waals surface area (Å²) in [4.78, 5) is 25.6. The van der Waals surface area contributed by atoms with Gasteiger partial charge in [0.05, 0.1) is 6.61 Å². The van der Waals surface area contributed by atoms with Crippen LogP contribution in [0.4, 0.5) is 0 Å². The van der Waals surface area contributed by atoms with Gasteiger partial charge in [0, 0.05) is 12.8 Å². The second-order valence-corrected chi connectivity index (χ2v) is 21.5. The molecule has 13 heteroatoms. The lowest BCUT2D eigenvalue weighted by atomic mass is 10.00. The minimum atomic E-state index is -4.61. The normalized spacial score (nSPS) is 19.2. The van der Waals surface area contributed by atoms with E-state index in [1.54, 1.807) is 0 Å². The van der Waals surface area contributed by atoms with E-state index in [1.807, 2.05) is 0 Å². The summed E-state index contributed by atoms with van der Waals surface area (Å²) in [6.45, 7) is 3.79. The SMILES string of the molecule is CCCCC/C=C\C/C=C\CCCCCCCCCCCC(=O)OC(COC(=O)CCCCCCCCCCCCCCCCCCCCCCCC)COC1OC(CS(=O)(=O)O)C(O)C(O)C1O. The molecule has 0 aliphatic carbocycles. The third-order valence-corrected chi connectivity index (χ3v) is 14.0. The average molecular weight is 1000 g/mol. The van der Waals surface area contributed by atoms with Crippen LogP contribution in [-0.4, -0.2) is 96.0 Å². The van der Waals surface area contributed by atoms with E-state index in [-0.39, 0.29) is 19.4 Å². The van der Waals surface area contributed by atoms with E-state index in [9.17, 15) is 37.9 Å². The number of hydrogen-bond donors (Lipinski definition) is 4. The summed E-state index contributed by atoms with van der Waals surface area (Å²) in [5.41, 5.74) is 0. The first-order valence-electron chi connectivity index (χ1n) is 28.4. The summed E-state index contributed by atoms with van der Waals surface area (Å²) in [5, 5.41) is 31.0. The molecule has 1 rings (SSSR count). The van der Waals surface area contributed by atoms with Gasteiger partial charge in [-0.3, -0.25) is 14.1 Å². The summed E-state index contributed by atoms with van der Waals surface area (Å²) < 4.78 is 54.4. The summed E-state index contributed by atoms with van der Waals surface area (Å²) in [7, 11) is -4.61. The predicted molar refractivity (Wildman–Crippen MR) is 280 cm³/mol. The summed E-state index contributed by atoms with van der Waals surface area (Å²) >= 11 is 0. The number of aliphatic hydroxyl groups is 3. The van der Waals surface area contributed by atoms with Gasteiger partial charge in [0.25, 0.3) is 10.1 Å². The molecule has 0 bridgehead atoms. The van der Waals surface area contributed by atoms with Gasteiger partial charge in [-0.15, -0.1) is 0 Å². The van der Waals surface area contributed by atoms with Crippen molar-refractivity contribution >= 4 is 22.1 Å². The van der Waals surface area contributed by atoms with Crippen LogP contribution in [0.1, 0.15) is 264 Å². The van der Waals surface area contributed by atoms with Gasteiger partial charge in [-0.05, 0) is 44.9 Å². The molecule has 1 aliphatic heterocycles. The largest absolute Gasteiger partial charge is 0.462 e. The maximum Gasteiger partial charge on any atom is 0.306 e. The first kappa shape index (κ1) is 65.1. The van der Waals surface area contributed by atoms with Crippen LogP contribution in [0.2, 0.25) is 0 Å². The standard InChI is InChI=1S/C56H104O12S/c1-3-5-7-9-11-13-15-17-19-21-23-24-25-27-28-30-32-34-36-38-40-42-44-51(57)65-46-49(47-66-56-55(61)54(60)53(59)50(68-56)48-69(62,63)64)67-52(58)45-43-41-39-37-35-33-31-29-26-22-20-18-16-14-12-10-8-6-4-2/h12,14,18,20,49-50,53-56,59-61H,3-11,13,15-17,19,21-48H2,1-2H3,(H,62,63,64)/b14-12-,20-18-. The van der Waals surface area contributed by atoms with Crippen molar-refractivity contribution in [3.8, 4) is 0 Å². The van der Waals surface area contributed by atoms with Gasteiger partial charge in [-0.25, -0.2) is 0 Å². The summed E-state index contributed by atoms with van der Waals surface area (Å²) in [5.74, 6) is -1.97. The summed E-state index contributed by atoms with van der Waals surface area (Å²) in [6.07, 6.45) is 45.0. The van der Waals surface area contributed by atoms with Gasteiger partial charge in [0.1, 0.15) is 36.8 Å². The lowest BCUT2D eigenvalue weighted by Gasteiger charge is -2.40. The highest BCUT2D eigenvalue weighted by Gasteiger charge is 2.46. The second-order valence-electron chi connectivity index (χ2n) is 20.0. The maximum atomic E-state index is 12.9. The highest BCUT2D eigenvalue weighted by Crippen LogP contribution is 2.24. The molecule has 69 heavy (non-hydrogen) atoms. The van der Waals surface area contributed by atoms with E-state index >= 15 is 0 Å². The topological polar surface area (TPSA) is 186 Å². The zero-order valence-corrected chi connectivity index (χ0v) is 44.8. The second kappa shape index (κ2) is 46.0. The molecule has 0 amide bonds. The van der Waals surface area contributed by atoms with Crippen molar-refractivity contribution in [2.24, 2.45) is 0 Å². The van der Waals surface area contributed by atoms with Crippen LogP contribution in [0.5, 0.6) is 0 Å². The molecule has 6 unspecified atom stereocenters. The third kappa shape index (κ3) is 40.3. The number of carbonyl (C=O) groups is 2. The van der Waals surface area contributed by atoms with Gasteiger partial charge < -0.3 is 34.3 Å². The van der Waals surface area contributed by atoms with Crippen LogP contribution in [-0.2, 0) is 38.7 Å². The molecular formula is C56H104O12S. The molecule has 0 aromatic heterocycles. The number of hydrogen-bond acceptors (Lipinski definition) is 11. The molecule has 0 saturated carbocycles. The Morgan fingerprint density at radius 3 is 1.30 bits per heavy atom. The van der Waals surface area contributed by atoms with Gasteiger partial charge in [0.2, 0.25) is 0 Å². The van der Waals surface area contributed by atoms with Gasteiger partial charge in [-0.2, -0.15) is 8.42 Å². The molecule has 0 aromatic carbocycles. The first-order valence-corrected chi connectivity index (χ1v) is 30.0. The molecule has 1 saturated heterocycles. The van der Waals surface area contributed by atoms with E-state index in [0.717, 1.165) is 51.4 Å². The highest BCUT2D eigenvalue weighted by molar-refractivity contribution is 7.85. The molecular weight excluding hydrogens is 897 g/mol. The monoisotopic (exact) mass is 1000 g/mol. The molecule has 0 radical (unpaired) electrons. The lowest BCUT2D eigenvalue weighted by Crippen LogP contribution is -2.60. The van der Waals surface area contributed by atoms with Crippen molar-refractivity contribution in [2.75, 3.05) is 19.0 Å². The number of carbonyl (C=O) groups excluding carboxylic acids is 2. The number of allylic oxidation sites excluding steroid dienone is 4. The molecule has 6 atom stereocenters. The van der Waals surface area contributed by atoms with Crippen LogP contribution in [0.25, 0.3) is 0 Å². The van der Waals surface area contributed by atoms with Crippen molar-refractivity contribution in [3.63, 3.8) is 0 Å². The Morgan fingerprint density at radius 2 is 0.870 bits per heavy atom. The average Bonchev–Trinajstić information content (AvgIpc) is 3.32. The van der Waals surface area contributed by atoms with Gasteiger partial charge in [0.15, 0.2) is 12.4 Å². The van der Waals surface area contributed by atoms with Crippen molar-refractivity contribution in [1.29, 1.82) is 0 Å². The van der Waals surface area contributed by atoms with E-state index < -0.39 is 71.2 Å². The Hall–Kier alpha value is -1.87. The van der Waals surface area contributed by atoms with E-state index in [2.05, 4.69) is 38.2 Å². The van der Waals surface area contributed by atoms with Crippen molar-refractivity contribution in [3.05, 3.63) is 24.3 Å². The molecule has 406 valence electrons. The first-order chi connectivity index (χ1) is 33.5. The minimum Gasteiger partial charge on any atom is -0.462 e. The molecule has 0 spiro atoms. The molecule has 1 fully saturated rings. The van der Waals surface area contributed by atoms with Crippen LogP contribution >= 0.6 is 0 Å². The molecule has 0 aromatic rings. The van der Waals surface area contributed by atoms with Crippen LogP contribution < -0.4 is 0 Å². The van der Waals surface area contributed by atoms with Gasteiger partial charge >= 0.3 is 11.9 Å². The van der Waals surface area contributed by atoms with Crippen molar-refractivity contribution in [1.82, 2.24) is 0 Å². The summed E-state index contributed by atoms with van der Waals surface area (Å²) in [6, 6.07) is 0. The zero-order valence-electron chi connectivity index (χ0n) is 43.9. The number of esters is 2. The minimum absolute atomic E-state index is 0.163. The highest BCUT2D eigenvalue weighted by atomic mass is 32.2. The van der Waals surface area contributed by atoms with Crippen molar-refractivity contribution < 1.29 is 56.8 Å². The number of rotatable bonds is 49. The van der Waals surface area contributed by atoms with E-state index in [1.165, 1.54) is 173 Å². The smallest absolute Gasteiger partial charge is 0.306 e. The molecule has 1 heterocycles. The third-order valence-electron chi connectivity index (χ3n) is 13.3. The Morgan fingerprint density at radius 1 is 0.493 bits per heavy atom. The Labute approximate surface area is 421 Å². The van der Waals surface area contributed by atoms with Crippen molar-refractivity contribution in [2.45, 2.75) is 301 Å². The Balaban J connectivity index is 2.31. The number of aliphatic hydroxyl groups excluding tert-OH is 3. The Bertz CT molecular complexity index is 1360. The quantitative estimate of drug-likeness (QED) is 0.0196. The van der Waals surface area contributed by atoms with Crippen LogP contribution in [0, 0.1) is 0 Å². The fraction of sp³-hybridized carbons (Fsp3) is 0.893. The Kier molecular flexibility index (Phi) is 43.4. The van der Waals surface area contributed by atoms with E-state index in [0.29, 0.717) is 12.8 Å². The zero-order chi connectivity index (χ0) is 50.5. The fourth-order valence-corrected chi connectivity index (χ4v) is 9.58. The van der Waals surface area contributed by atoms with Crippen LogP contribution in [0.15, 0.2) is 24.3 Å². The maximum absolute atomic E-state index is 12.9. The molecule has 1 aliphatic rings. The van der Waals surface area contributed by atoms with Crippen LogP contribution in [0.3, 0.4) is 0 Å². The van der Waals surface area contributed by atoms with E-state index in [4.69, 9.17) is 18.9 Å². The number of ether oxygens (including phenoxy) is 4. The molecule has 12 nitrogen and oxygen atoms in total. The predicted octanol–water partition coefficient (Wildman–Crippen LogP) is 13.5. The fourth-order valence-electron chi connectivity index (χ4n) is 8.89. The van der Waals surface area contributed by atoms with Gasteiger partial charge in [-0.1, -0.05) is 231 Å². The number of unbranched alkanes of at least 4 members (excludes halogenated alkanes) is 33.